The topological polar surface area (TPSA) is 99.4 Å². The van der Waals surface area contributed by atoms with E-state index in [-0.39, 0.29) is 17.4 Å². The summed E-state index contributed by atoms with van der Waals surface area (Å²) >= 11 is 1.04. The number of aliphatic carboxylic acids is 1. The highest BCUT2D eigenvalue weighted by molar-refractivity contribution is 8.00. The molecule has 2 N–H and O–H groups in total. The van der Waals surface area contributed by atoms with Crippen molar-refractivity contribution in [2.75, 3.05) is 23.4 Å². The normalized spacial score (nSPS) is 9.67. The number of ether oxygens (including phenoxy) is 1. The molecule has 6 nitrogen and oxygen atoms in total. The minimum absolute atomic E-state index is 0.0829. The lowest BCUT2D eigenvalue weighted by Gasteiger charge is -2.08. The highest BCUT2D eigenvalue weighted by Gasteiger charge is 2.05. The van der Waals surface area contributed by atoms with Gasteiger partial charge in [0.2, 0.25) is 5.91 Å². The van der Waals surface area contributed by atoms with Gasteiger partial charge in [-0.2, -0.15) is 5.26 Å². The van der Waals surface area contributed by atoms with E-state index in [1.165, 1.54) is 0 Å². The maximum absolute atomic E-state index is 11.6. The minimum Gasteiger partial charge on any atom is -0.493 e. The number of carbonyl (C=O) groups is 2. The second-order valence-corrected chi connectivity index (χ2v) is 5.06. The molecule has 7 heteroatoms. The number of amides is 1. The third-order valence-electron chi connectivity index (χ3n) is 2.28. The molecule has 0 aliphatic heterocycles. The lowest BCUT2D eigenvalue weighted by molar-refractivity contribution is -0.133. The van der Waals surface area contributed by atoms with Crippen LogP contribution in [0.4, 0.5) is 5.69 Å². The number of nitrogens with zero attached hydrogens (tertiary/aromatic N) is 1. The third-order valence-corrected chi connectivity index (χ3v) is 3.20. The van der Waals surface area contributed by atoms with Crippen molar-refractivity contribution < 1.29 is 19.4 Å². The summed E-state index contributed by atoms with van der Waals surface area (Å²) in [7, 11) is 0. The molecule has 0 spiro atoms. The number of carboxylic acids is 1. The molecule has 1 aromatic carbocycles. The van der Waals surface area contributed by atoms with Gasteiger partial charge in [-0.25, -0.2) is 0 Å². The molecule has 0 aliphatic carbocycles. The van der Waals surface area contributed by atoms with Crippen molar-refractivity contribution in [3.05, 3.63) is 24.3 Å². The predicted molar refractivity (Wildman–Crippen MR) is 80.4 cm³/mol. The zero-order valence-electron chi connectivity index (χ0n) is 11.4. The number of unbranched alkanes of at least 4 members (excludes halogenated alkanes) is 1. The predicted octanol–water partition coefficient (Wildman–Crippen LogP) is 2.13. The number of carboxylic acid groups (broad SMARTS) is 1. The average Bonchev–Trinajstić information content (AvgIpc) is 2.43. The van der Waals surface area contributed by atoms with E-state index in [4.69, 9.17) is 15.1 Å². The van der Waals surface area contributed by atoms with Crippen molar-refractivity contribution in [2.45, 2.75) is 12.8 Å². The van der Waals surface area contributed by atoms with Crippen LogP contribution in [0.25, 0.3) is 0 Å². The molecule has 1 aromatic rings. The van der Waals surface area contributed by atoms with Crippen LogP contribution < -0.4 is 10.1 Å². The van der Waals surface area contributed by atoms with Crippen LogP contribution in [-0.2, 0) is 9.59 Å². The quantitative estimate of drug-likeness (QED) is 0.678. The Balaban J connectivity index is 2.39. The molecule has 0 aromatic heterocycles. The summed E-state index contributed by atoms with van der Waals surface area (Å²) in [4.78, 5) is 21.9. The lowest BCUT2D eigenvalue weighted by Crippen LogP contribution is -2.15. The smallest absolute Gasteiger partial charge is 0.313 e. The summed E-state index contributed by atoms with van der Waals surface area (Å²) in [6, 6.07) is 8.96. The summed E-state index contributed by atoms with van der Waals surface area (Å²) < 4.78 is 5.46. The number of carbonyl (C=O) groups excluding carboxylic acids is 1. The number of anilines is 1. The van der Waals surface area contributed by atoms with E-state index in [2.05, 4.69) is 5.32 Å². The van der Waals surface area contributed by atoms with Crippen molar-refractivity contribution in [2.24, 2.45) is 0 Å². The maximum atomic E-state index is 11.6. The standard InChI is InChI=1S/C14H16N2O4S/c15-6-1-2-7-20-12-5-3-4-11(8-12)16-13(17)9-21-10-14(18)19/h3-5,8H,1-2,7,9-10H2,(H,16,17)(H,18,19). The van der Waals surface area contributed by atoms with Crippen LogP contribution in [0.3, 0.4) is 0 Å². The summed E-state index contributed by atoms with van der Waals surface area (Å²) in [6.07, 6.45) is 1.09. The number of benzene rings is 1. The molecule has 0 heterocycles. The van der Waals surface area contributed by atoms with Gasteiger partial charge in [-0.05, 0) is 18.6 Å². The van der Waals surface area contributed by atoms with Crippen LogP contribution in [0.2, 0.25) is 0 Å². The molecule has 21 heavy (non-hydrogen) atoms. The summed E-state index contributed by atoms with van der Waals surface area (Å²) in [5.41, 5.74) is 0.591. The fraction of sp³-hybridized carbons (Fsp3) is 0.357. The first-order chi connectivity index (χ1) is 10.1. The molecule has 0 atom stereocenters. The Hall–Kier alpha value is -2.20. The van der Waals surface area contributed by atoms with Gasteiger partial charge in [0.1, 0.15) is 5.75 Å². The molecule has 1 amide bonds. The number of nitriles is 1. The van der Waals surface area contributed by atoms with Crippen molar-refractivity contribution >= 4 is 29.3 Å². The Morgan fingerprint density at radius 2 is 2.19 bits per heavy atom. The fourth-order valence-electron chi connectivity index (χ4n) is 1.43. The zero-order chi connectivity index (χ0) is 15.5. The van der Waals surface area contributed by atoms with Gasteiger partial charge in [0.25, 0.3) is 0 Å². The summed E-state index contributed by atoms with van der Waals surface area (Å²) in [6.45, 7) is 0.444. The van der Waals surface area contributed by atoms with Crippen LogP contribution in [0, 0.1) is 11.3 Å². The lowest BCUT2D eigenvalue weighted by atomic mass is 10.3. The molecule has 0 unspecified atom stereocenters. The molecule has 1 rings (SSSR count). The average molecular weight is 308 g/mol. The van der Waals surface area contributed by atoms with E-state index in [9.17, 15) is 9.59 Å². The largest absolute Gasteiger partial charge is 0.493 e. The van der Waals surface area contributed by atoms with Crippen LogP contribution in [0.1, 0.15) is 12.8 Å². The van der Waals surface area contributed by atoms with Crippen molar-refractivity contribution in [3.8, 4) is 11.8 Å². The molecule has 112 valence electrons. The summed E-state index contributed by atoms with van der Waals surface area (Å²) in [5, 5.41) is 19.6. The summed E-state index contributed by atoms with van der Waals surface area (Å²) in [5.74, 6) is -0.609. The van der Waals surface area contributed by atoms with E-state index >= 15 is 0 Å². The first-order valence-electron chi connectivity index (χ1n) is 6.31. The van der Waals surface area contributed by atoms with Gasteiger partial charge in [0, 0.05) is 18.2 Å². The molecule has 0 radical (unpaired) electrons. The Labute approximate surface area is 127 Å². The van der Waals surface area contributed by atoms with E-state index in [0.29, 0.717) is 30.9 Å². The molecule has 0 aliphatic rings. The van der Waals surface area contributed by atoms with E-state index in [1.54, 1.807) is 24.3 Å². The third kappa shape index (κ3) is 7.84. The maximum Gasteiger partial charge on any atom is 0.313 e. The van der Waals surface area contributed by atoms with Crippen molar-refractivity contribution in [1.29, 1.82) is 5.26 Å². The van der Waals surface area contributed by atoms with Crippen LogP contribution in [0.5, 0.6) is 5.75 Å². The Kier molecular flexibility index (Phi) is 7.76. The van der Waals surface area contributed by atoms with Crippen LogP contribution in [0.15, 0.2) is 24.3 Å². The second kappa shape index (κ2) is 9.66. The van der Waals surface area contributed by atoms with Gasteiger partial charge >= 0.3 is 5.97 Å². The van der Waals surface area contributed by atoms with Gasteiger partial charge in [-0.1, -0.05) is 6.07 Å². The SMILES string of the molecule is N#CCCCOc1cccc(NC(=O)CSCC(=O)O)c1. The highest BCUT2D eigenvalue weighted by atomic mass is 32.2. The zero-order valence-corrected chi connectivity index (χ0v) is 12.2. The van der Waals surface area contributed by atoms with Crippen LogP contribution >= 0.6 is 11.8 Å². The van der Waals surface area contributed by atoms with Gasteiger partial charge in [0.15, 0.2) is 0 Å². The molecule has 0 saturated heterocycles. The first-order valence-corrected chi connectivity index (χ1v) is 7.46. The van der Waals surface area contributed by atoms with Crippen molar-refractivity contribution in [3.63, 3.8) is 0 Å². The number of thioether (sulfide) groups is 1. The molecule has 0 bridgehead atoms. The Bertz CT molecular complexity index is 528. The molecule has 0 fully saturated rings. The number of nitrogens with one attached hydrogen (secondary N) is 1. The van der Waals surface area contributed by atoms with E-state index in [1.807, 2.05) is 6.07 Å². The Morgan fingerprint density at radius 3 is 2.90 bits per heavy atom. The van der Waals surface area contributed by atoms with Crippen molar-refractivity contribution in [1.82, 2.24) is 0 Å². The van der Waals surface area contributed by atoms with Gasteiger partial charge < -0.3 is 15.2 Å². The second-order valence-electron chi connectivity index (χ2n) is 4.07. The molecular weight excluding hydrogens is 292 g/mol. The number of hydrogen-bond donors (Lipinski definition) is 2. The molecular formula is C14H16N2O4S. The molecule has 0 saturated carbocycles. The van der Waals surface area contributed by atoms with E-state index < -0.39 is 5.97 Å². The number of hydrogen-bond acceptors (Lipinski definition) is 5. The number of rotatable bonds is 9. The Morgan fingerprint density at radius 1 is 1.38 bits per heavy atom. The van der Waals surface area contributed by atoms with Gasteiger partial charge in [0.05, 0.1) is 24.2 Å². The van der Waals surface area contributed by atoms with E-state index in [0.717, 1.165) is 11.8 Å². The van der Waals surface area contributed by atoms with Crippen LogP contribution in [-0.4, -0.2) is 35.1 Å². The fourth-order valence-corrected chi connectivity index (χ4v) is 1.97. The minimum atomic E-state index is -0.944. The highest BCUT2D eigenvalue weighted by Crippen LogP contribution is 2.18. The monoisotopic (exact) mass is 308 g/mol. The van der Waals surface area contributed by atoms with Gasteiger partial charge in [-0.15, -0.1) is 11.8 Å². The first kappa shape index (κ1) is 16.9. The van der Waals surface area contributed by atoms with Gasteiger partial charge in [-0.3, -0.25) is 9.59 Å².